The molecule has 0 saturated carbocycles. The number of fused-ring (bicyclic) bond motifs is 1. The van der Waals surface area contributed by atoms with E-state index < -0.39 is 11.8 Å². The summed E-state index contributed by atoms with van der Waals surface area (Å²) in [6.07, 6.45) is 2.53. The van der Waals surface area contributed by atoms with E-state index in [0.717, 1.165) is 25.2 Å². The Hall–Kier alpha value is -1.46. The van der Waals surface area contributed by atoms with Gasteiger partial charge in [0, 0.05) is 32.2 Å². The number of piperazine rings is 1. The second-order valence-corrected chi connectivity index (χ2v) is 5.69. The Labute approximate surface area is 117 Å². The van der Waals surface area contributed by atoms with Crippen LogP contribution in [0.3, 0.4) is 0 Å². The van der Waals surface area contributed by atoms with Gasteiger partial charge in [0.25, 0.3) is 0 Å². The first kappa shape index (κ1) is 13.5. The highest BCUT2D eigenvalue weighted by Crippen LogP contribution is 2.22. The quantitative estimate of drug-likeness (QED) is 0.915. The number of benzene rings is 1. The first-order valence-corrected chi connectivity index (χ1v) is 7.11. The molecule has 0 amide bonds. The predicted molar refractivity (Wildman–Crippen MR) is 73.2 cm³/mol. The van der Waals surface area contributed by atoms with Crippen molar-refractivity contribution in [2.75, 3.05) is 26.2 Å². The summed E-state index contributed by atoms with van der Waals surface area (Å²) < 4.78 is 13.7. The van der Waals surface area contributed by atoms with Crippen LogP contribution in [0.5, 0.6) is 0 Å². The van der Waals surface area contributed by atoms with Crippen LogP contribution < -0.4 is 0 Å². The zero-order chi connectivity index (χ0) is 14.1. The van der Waals surface area contributed by atoms with Crippen molar-refractivity contribution in [1.29, 1.82) is 0 Å². The lowest BCUT2D eigenvalue weighted by Crippen LogP contribution is -2.49. The highest BCUT2D eigenvalue weighted by atomic mass is 19.1. The van der Waals surface area contributed by atoms with Crippen LogP contribution in [0.25, 0.3) is 0 Å². The summed E-state index contributed by atoms with van der Waals surface area (Å²) in [6, 6.07) is 5.07. The molecule has 2 heterocycles. The molecule has 0 spiro atoms. The summed E-state index contributed by atoms with van der Waals surface area (Å²) in [6.45, 7) is 5.02. The monoisotopic (exact) mass is 278 g/mol. The van der Waals surface area contributed by atoms with Crippen molar-refractivity contribution in [2.24, 2.45) is 0 Å². The molecule has 0 radical (unpaired) electrons. The summed E-state index contributed by atoms with van der Waals surface area (Å²) in [7, 11) is 0. The molecule has 0 bridgehead atoms. The number of hydrogen-bond donors (Lipinski definition) is 1. The van der Waals surface area contributed by atoms with Crippen molar-refractivity contribution >= 4 is 5.97 Å². The van der Waals surface area contributed by atoms with E-state index in [9.17, 15) is 9.18 Å². The van der Waals surface area contributed by atoms with Crippen molar-refractivity contribution in [3.05, 3.63) is 35.1 Å². The topological polar surface area (TPSA) is 43.8 Å². The molecule has 1 unspecified atom stereocenters. The molecule has 2 fully saturated rings. The van der Waals surface area contributed by atoms with Gasteiger partial charge in [-0.15, -0.1) is 0 Å². The largest absolute Gasteiger partial charge is 0.478 e. The Bertz CT molecular complexity index is 521. The Balaban J connectivity index is 1.66. The van der Waals surface area contributed by atoms with Crippen molar-refractivity contribution in [2.45, 2.75) is 25.4 Å². The lowest BCUT2D eigenvalue weighted by atomic mass is 10.1. The Kier molecular flexibility index (Phi) is 3.72. The lowest BCUT2D eigenvalue weighted by molar-refractivity contribution is 0.0691. The average molecular weight is 278 g/mol. The van der Waals surface area contributed by atoms with E-state index in [4.69, 9.17) is 5.11 Å². The maximum atomic E-state index is 13.7. The first-order valence-electron chi connectivity index (χ1n) is 7.11. The lowest BCUT2D eigenvalue weighted by Gasteiger charge is -2.37. The zero-order valence-electron chi connectivity index (χ0n) is 11.4. The van der Waals surface area contributed by atoms with Crippen LogP contribution in [-0.2, 0) is 6.54 Å². The van der Waals surface area contributed by atoms with Crippen LogP contribution in [0.1, 0.15) is 28.8 Å². The molecule has 1 aromatic carbocycles. The predicted octanol–water partition coefficient (Wildman–Crippen LogP) is 1.80. The number of carbonyl (C=O) groups is 1. The molecular formula is C15H19FN2O2. The van der Waals surface area contributed by atoms with Gasteiger partial charge in [0.15, 0.2) is 0 Å². The number of aromatic carboxylic acids is 1. The fourth-order valence-electron chi connectivity index (χ4n) is 3.29. The summed E-state index contributed by atoms with van der Waals surface area (Å²) >= 11 is 0. The second kappa shape index (κ2) is 5.50. The van der Waals surface area contributed by atoms with Gasteiger partial charge < -0.3 is 5.11 Å². The number of hydrogen-bond acceptors (Lipinski definition) is 3. The SMILES string of the molecule is O=C(O)c1ccc(CN2CCN3CCCC3C2)cc1F. The van der Waals surface area contributed by atoms with Crippen LogP contribution >= 0.6 is 0 Å². The summed E-state index contributed by atoms with van der Waals surface area (Å²) in [5, 5.41) is 8.82. The summed E-state index contributed by atoms with van der Waals surface area (Å²) in [5.41, 5.74) is 0.591. The fraction of sp³-hybridized carbons (Fsp3) is 0.533. The van der Waals surface area contributed by atoms with Gasteiger partial charge in [-0.05, 0) is 37.1 Å². The highest BCUT2D eigenvalue weighted by Gasteiger charge is 2.30. The minimum absolute atomic E-state index is 0.255. The molecule has 20 heavy (non-hydrogen) atoms. The molecule has 3 rings (SSSR count). The second-order valence-electron chi connectivity index (χ2n) is 5.69. The maximum absolute atomic E-state index is 13.7. The van der Waals surface area contributed by atoms with Crippen LogP contribution in [0.4, 0.5) is 4.39 Å². The molecule has 4 nitrogen and oxygen atoms in total. The minimum atomic E-state index is -1.21. The van der Waals surface area contributed by atoms with E-state index in [-0.39, 0.29) is 5.56 Å². The number of carboxylic acids is 1. The van der Waals surface area contributed by atoms with E-state index in [0.29, 0.717) is 12.6 Å². The average Bonchev–Trinajstić information content (AvgIpc) is 2.85. The molecule has 1 aromatic rings. The van der Waals surface area contributed by atoms with Gasteiger partial charge in [-0.1, -0.05) is 6.07 Å². The smallest absolute Gasteiger partial charge is 0.338 e. The number of carboxylic acid groups (broad SMARTS) is 1. The number of nitrogens with zero attached hydrogens (tertiary/aromatic N) is 2. The minimum Gasteiger partial charge on any atom is -0.478 e. The molecule has 2 saturated heterocycles. The van der Waals surface area contributed by atoms with Gasteiger partial charge in [-0.3, -0.25) is 9.80 Å². The van der Waals surface area contributed by atoms with Gasteiger partial charge in [0.2, 0.25) is 0 Å². The Morgan fingerprint density at radius 3 is 2.95 bits per heavy atom. The zero-order valence-corrected chi connectivity index (χ0v) is 11.4. The van der Waals surface area contributed by atoms with Gasteiger partial charge >= 0.3 is 5.97 Å². The maximum Gasteiger partial charge on any atom is 0.338 e. The third kappa shape index (κ3) is 2.69. The number of halogens is 1. The van der Waals surface area contributed by atoms with Gasteiger partial charge in [-0.2, -0.15) is 0 Å². The van der Waals surface area contributed by atoms with Crippen molar-refractivity contribution < 1.29 is 14.3 Å². The standard InChI is InChI=1S/C15H19FN2O2/c16-14-8-11(3-4-13(14)15(19)20)9-17-6-7-18-5-1-2-12(18)10-17/h3-4,8,12H,1-2,5-7,9-10H2,(H,19,20). The van der Waals surface area contributed by atoms with Gasteiger partial charge in [-0.25, -0.2) is 9.18 Å². The van der Waals surface area contributed by atoms with E-state index in [1.165, 1.54) is 31.5 Å². The molecule has 1 atom stereocenters. The Morgan fingerprint density at radius 1 is 1.35 bits per heavy atom. The van der Waals surface area contributed by atoms with E-state index >= 15 is 0 Å². The van der Waals surface area contributed by atoms with Crippen LogP contribution in [0.2, 0.25) is 0 Å². The van der Waals surface area contributed by atoms with Crippen molar-refractivity contribution in [1.82, 2.24) is 9.80 Å². The molecular weight excluding hydrogens is 259 g/mol. The van der Waals surface area contributed by atoms with Crippen LogP contribution in [-0.4, -0.2) is 53.1 Å². The number of rotatable bonds is 3. The molecule has 2 aliphatic rings. The fourth-order valence-corrected chi connectivity index (χ4v) is 3.29. The third-order valence-corrected chi connectivity index (χ3v) is 4.34. The summed E-state index contributed by atoms with van der Waals surface area (Å²) in [5.74, 6) is -1.86. The van der Waals surface area contributed by atoms with E-state index in [1.807, 2.05) is 0 Å². The van der Waals surface area contributed by atoms with Crippen molar-refractivity contribution in [3.63, 3.8) is 0 Å². The molecule has 1 N–H and O–H groups in total. The van der Waals surface area contributed by atoms with Crippen LogP contribution in [0, 0.1) is 5.82 Å². The first-order chi connectivity index (χ1) is 9.63. The van der Waals surface area contributed by atoms with E-state index in [2.05, 4.69) is 9.80 Å². The van der Waals surface area contributed by atoms with Gasteiger partial charge in [0.1, 0.15) is 5.82 Å². The van der Waals surface area contributed by atoms with Crippen molar-refractivity contribution in [3.8, 4) is 0 Å². The van der Waals surface area contributed by atoms with Gasteiger partial charge in [0.05, 0.1) is 5.56 Å². The molecule has 5 heteroatoms. The molecule has 108 valence electrons. The molecule has 0 aliphatic carbocycles. The third-order valence-electron chi connectivity index (χ3n) is 4.34. The normalized spacial score (nSPS) is 23.8. The van der Waals surface area contributed by atoms with Crippen LogP contribution in [0.15, 0.2) is 18.2 Å². The Morgan fingerprint density at radius 2 is 2.20 bits per heavy atom. The highest BCUT2D eigenvalue weighted by molar-refractivity contribution is 5.87. The summed E-state index contributed by atoms with van der Waals surface area (Å²) in [4.78, 5) is 15.7. The molecule has 2 aliphatic heterocycles. The van der Waals surface area contributed by atoms with E-state index in [1.54, 1.807) is 6.07 Å². The molecule has 0 aromatic heterocycles.